The highest BCUT2D eigenvalue weighted by molar-refractivity contribution is 5.72. The van der Waals surface area contributed by atoms with E-state index in [1.54, 1.807) is 24.3 Å². The fourth-order valence-corrected chi connectivity index (χ4v) is 4.99. The lowest BCUT2D eigenvalue weighted by Crippen LogP contribution is -1.95. The molecule has 0 bridgehead atoms. The second kappa shape index (κ2) is 12.3. The Morgan fingerprint density at radius 2 is 1.15 bits per heavy atom. The molecule has 0 spiro atoms. The Hall–Kier alpha value is -4.55. The van der Waals surface area contributed by atoms with Gasteiger partial charge in [-0.2, -0.15) is 0 Å². The highest BCUT2D eigenvalue weighted by atomic mass is 19.1. The highest BCUT2D eigenvalue weighted by Crippen LogP contribution is 2.29. The lowest BCUT2D eigenvalue weighted by Gasteiger charge is -2.10. The number of aryl methyl sites for hydroxylation is 3. The molecule has 204 valence electrons. The van der Waals surface area contributed by atoms with Crippen molar-refractivity contribution in [3.05, 3.63) is 142 Å². The highest BCUT2D eigenvalue weighted by Gasteiger charge is 2.11. The fourth-order valence-electron chi connectivity index (χ4n) is 4.99. The summed E-state index contributed by atoms with van der Waals surface area (Å²) in [4.78, 5) is 0. The molecule has 0 radical (unpaired) electrons. The Morgan fingerprint density at radius 1 is 0.561 bits per heavy atom. The van der Waals surface area contributed by atoms with Gasteiger partial charge in [-0.1, -0.05) is 92.8 Å². The third-order valence-electron chi connectivity index (χ3n) is 7.37. The van der Waals surface area contributed by atoms with Crippen LogP contribution in [-0.4, -0.2) is 0 Å². The topological polar surface area (TPSA) is 0 Å². The van der Waals surface area contributed by atoms with Crippen molar-refractivity contribution in [1.29, 1.82) is 0 Å². The van der Waals surface area contributed by atoms with Gasteiger partial charge in [-0.3, -0.25) is 0 Å². The molecule has 0 N–H and O–H groups in total. The molecule has 0 amide bonds. The number of hydrogen-bond donors (Lipinski definition) is 0. The van der Waals surface area contributed by atoms with Gasteiger partial charge in [-0.25, -0.2) is 13.2 Å². The van der Waals surface area contributed by atoms with Crippen LogP contribution in [0.15, 0.2) is 97.1 Å². The molecule has 5 aromatic carbocycles. The van der Waals surface area contributed by atoms with E-state index in [0.717, 1.165) is 40.7 Å². The van der Waals surface area contributed by atoms with E-state index in [9.17, 15) is 8.78 Å². The molecule has 41 heavy (non-hydrogen) atoms. The average molecular weight is 545 g/mol. The van der Waals surface area contributed by atoms with Crippen LogP contribution < -0.4 is 0 Å². The van der Waals surface area contributed by atoms with E-state index in [2.05, 4.69) is 55.2 Å². The molecule has 0 atom stereocenters. The van der Waals surface area contributed by atoms with Gasteiger partial charge in [0.15, 0.2) is 0 Å². The summed E-state index contributed by atoms with van der Waals surface area (Å²) in [7, 11) is 0. The number of benzene rings is 5. The molecular weight excluding hydrogens is 513 g/mol. The van der Waals surface area contributed by atoms with Gasteiger partial charge in [0.1, 0.15) is 17.5 Å². The van der Waals surface area contributed by atoms with Crippen LogP contribution in [0, 0.1) is 36.2 Å². The van der Waals surface area contributed by atoms with Crippen LogP contribution in [0.4, 0.5) is 13.2 Å². The van der Waals surface area contributed by atoms with Crippen molar-refractivity contribution < 1.29 is 13.2 Å². The molecule has 0 heterocycles. The second-order valence-corrected chi connectivity index (χ2v) is 10.3. The first-order chi connectivity index (χ1) is 19.9. The molecule has 0 unspecified atom stereocenters. The van der Waals surface area contributed by atoms with Crippen LogP contribution in [0.25, 0.3) is 33.4 Å². The predicted molar refractivity (Wildman–Crippen MR) is 163 cm³/mol. The van der Waals surface area contributed by atoms with E-state index in [-0.39, 0.29) is 16.9 Å². The van der Waals surface area contributed by atoms with Crippen LogP contribution in [0.5, 0.6) is 0 Å². The summed E-state index contributed by atoms with van der Waals surface area (Å²) in [5.74, 6) is 4.73. The summed E-state index contributed by atoms with van der Waals surface area (Å²) < 4.78 is 43.7. The normalized spacial score (nSPS) is 10.8. The fraction of sp³-hybridized carbons (Fsp3) is 0.158. The van der Waals surface area contributed by atoms with Crippen molar-refractivity contribution in [2.75, 3.05) is 0 Å². The smallest absolute Gasteiger partial charge is 0.139 e. The summed E-state index contributed by atoms with van der Waals surface area (Å²) in [5, 5.41) is 0. The Labute approximate surface area is 240 Å². The van der Waals surface area contributed by atoms with Crippen molar-refractivity contribution in [2.24, 2.45) is 0 Å². The molecule has 0 nitrogen and oxygen atoms in total. The molecule has 0 saturated heterocycles. The van der Waals surface area contributed by atoms with E-state index in [4.69, 9.17) is 0 Å². The average Bonchev–Trinajstić information content (AvgIpc) is 2.99. The van der Waals surface area contributed by atoms with Crippen molar-refractivity contribution in [2.45, 2.75) is 40.0 Å². The summed E-state index contributed by atoms with van der Waals surface area (Å²) in [6.07, 6.45) is 2.84. The van der Waals surface area contributed by atoms with E-state index in [1.807, 2.05) is 25.1 Å². The molecule has 0 fully saturated rings. The summed E-state index contributed by atoms with van der Waals surface area (Å²) in [5.41, 5.74) is 8.24. The minimum Gasteiger partial charge on any atom is -0.207 e. The van der Waals surface area contributed by atoms with Crippen LogP contribution in [-0.2, 0) is 12.8 Å². The van der Waals surface area contributed by atoms with Gasteiger partial charge in [0.05, 0.1) is 5.56 Å². The van der Waals surface area contributed by atoms with Crippen LogP contribution >= 0.6 is 0 Å². The molecule has 0 aliphatic rings. The van der Waals surface area contributed by atoms with E-state index in [1.165, 1.54) is 30.7 Å². The molecule has 5 rings (SSSR count). The summed E-state index contributed by atoms with van der Waals surface area (Å²) in [6, 6.07) is 29.6. The maximum absolute atomic E-state index is 15.4. The first-order valence-corrected chi connectivity index (χ1v) is 14.0. The van der Waals surface area contributed by atoms with Gasteiger partial charge in [-0.15, -0.1) is 0 Å². The van der Waals surface area contributed by atoms with Gasteiger partial charge < -0.3 is 0 Å². The number of rotatable bonds is 6. The standard InChI is InChI=1S/C38H31F3/c1-4-6-26-7-12-29(13-8-26)30-16-18-31(19-17-30)33-22-28(5-2)34(38(41)23-33)20-11-27-9-14-32(15-10-27)35-24-36(39)25(3)21-37(35)40/h7-10,12-19,21-24H,4-6H2,1-3H3. The van der Waals surface area contributed by atoms with Gasteiger partial charge in [-0.05, 0) is 101 Å². The van der Waals surface area contributed by atoms with Crippen LogP contribution in [0.3, 0.4) is 0 Å². The monoisotopic (exact) mass is 544 g/mol. The largest absolute Gasteiger partial charge is 0.207 e. The molecule has 0 aromatic heterocycles. The Kier molecular flexibility index (Phi) is 8.41. The lowest BCUT2D eigenvalue weighted by atomic mass is 9.95. The zero-order valence-corrected chi connectivity index (χ0v) is 23.5. The second-order valence-electron chi connectivity index (χ2n) is 10.3. The predicted octanol–water partition coefficient (Wildman–Crippen LogP) is 10.3. The molecule has 0 aliphatic heterocycles. The lowest BCUT2D eigenvalue weighted by molar-refractivity contribution is 0.595. The number of halogens is 3. The van der Waals surface area contributed by atoms with Gasteiger partial charge in [0.2, 0.25) is 0 Å². The third-order valence-corrected chi connectivity index (χ3v) is 7.37. The molecular formula is C38H31F3. The quantitative estimate of drug-likeness (QED) is 0.187. The van der Waals surface area contributed by atoms with Crippen molar-refractivity contribution in [3.8, 4) is 45.2 Å². The Bertz CT molecular complexity index is 1730. The van der Waals surface area contributed by atoms with E-state index < -0.39 is 11.6 Å². The zero-order valence-electron chi connectivity index (χ0n) is 23.5. The van der Waals surface area contributed by atoms with Gasteiger partial charge >= 0.3 is 0 Å². The summed E-state index contributed by atoms with van der Waals surface area (Å²) >= 11 is 0. The summed E-state index contributed by atoms with van der Waals surface area (Å²) in [6.45, 7) is 5.69. The molecule has 0 saturated carbocycles. The van der Waals surface area contributed by atoms with Crippen molar-refractivity contribution in [1.82, 2.24) is 0 Å². The first kappa shape index (κ1) is 28.0. The van der Waals surface area contributed by atoms with E-state index in [0.29, 0.717) is 23.1 Å². The van der Waals surface area contributed by atoms with Crippen molar-refractivity contribution >= 4 is 0 Å². The minimum atomic E-state index is -0.479. The maximum atomic E-state index is 15.4. The Balaban J connectivity index is 1.37. The minimum absolute atomic E-state index is 0.195. The van der Waals surface area contributed by atoms with Crippen LogP contribution in [0.1, 0.15) is 48.1 Å². The first-order valence-electron chi connectivity index (χ1n) is 14.0. The third kappa shape index (κ3) is 6.28. The maximum Gasteiger partial charge on any atom is 0.139 e. The van der Waals surface area contributed by atoms with Crippen molar-refractivity contribution in [3.63, 3.8) is 0 Å². The Morgan fingerprint density at radius 3 is 1.76 bits per heavy atom. The van der Waals surface area contributed by atoms with Crippen LogP contribution in [0.2, 0.25) is 0 Å². The molecule has 0 aliphatic carbocycles. The molecule has 5 aromatic rings. The zero-order chi connectivity index (χ0) is 28.9. The SMILES string of the molecule is CCCc1ccc(-c2ccc(-c3cc(F)c(C#Cc4ccc(-c5cc(F)c(C)cc5F)cc4)c(CC)c3)cc2)cc1. The van der Waals surface area contributed by atoms with Gasteiger partial charge in [0, 0.05) is 11.1 Å². The molecule has 3 heteroatoms. The van der Waals surface area contributed by atoms with E-state index >= 15 is 4.39 Å². The number of hydrogen-bond acceptors (Lipinski definition) is 0. The van der Waals surface area contributed by atoms with Gasteiger partial charge in [0.25, 0.3) is 0 Å².